The average Bonchev–Trinajstić information content (AvgIpc) is 2.98. The summed E-state index contributed by atoms with van der Waals surface area (Å²) in [5, 5.41) is 14.4. The van der Waals surface area contributed by atoms with Crippen molar-refractivity contribution >= 4 is 27.3 Å². The van der Waals surface area contributed by atoms with Gasteiger partial charge >= 0.3 is 0 Å². The van der Waals surface area contributed by atoms with Crippen LogP contribution >= 0.6 is 15.9 Å². The summed E-state index contributed by atoms with van der Waals surface area (Å²) in [6.45, 7) is 3.61. The molecule has 0 amide bonds. The Morgan fingerprint density at radius 3 is 2.71 bits per heavy atom. The van der Waals surface area contributed by atoms with Crippen molar-refractivity contribution in [2.45, 2.75) is 12.8 Å². The Balaban J connectivity index is 1.46. The van der Waals surface area contributed by atoms with Crippen molar-refractivity contribution in [3.63, 3.8) is 0 Å². The first kappa shape index (κ1) is 16.9. The summed E-state index contributed by atoms with van der Waals surface area (Å²) in [6, 6.07) is 13.5. The second-order valence-corrected chi connectivity index (χ2v) is 6.85. The van der Waals surface area contributed by atoms with Crippen LogP contribution in [0.15, 0.2) is 46.9 Å². The Labute approximate surface area is 150 Å². The lowest BCUT2D eigenvalue weighted by atomic mass is 10.1. The van der Waals surface area contributed by atoms with Crippen molar-refractivity contribution in [1.29, 1.82) is 0 Å². The molecule has 24 heavy (non-hydrogen) atoms. The van der Waals surface area contributed by atoms with Gasteiger partial charge in [-0.1, -0.05) is 34.1 Å². The number of hydrogen-bond donors (Lipinski definition) is 1. The highest BCUT2D eigenvalue weighted by atomic mass is 79.9. The van der Waals surface area contributed by atoms with Gasteiger partial charge in [-0.25, -0.2) is 0 Å². The van der Waals surface area contributed by atoms with Crippen LogP contribution in [0.1, 0.15) is 11.1 Å². The summed E-state index contributed by atoms with van der Waals surface area (Å²) < 4.78 is 1.10. The summed E-state index contributed by atoms with van der Waals surface area (Å²) in [6.07, 6.45) is 1.96. The molecular formula is C18H20BrN3O2. The predicted octanol–water partition coefficient (Wildman–Crippen LogP) is 3.55. The lowest BCUT2D eigenvalue weighted by Gasteiger charge is -2.19. The van der Waals surface area contributed by atoms with E-state index < -0.39 is 0 Å². The molecule has 6 heteroatoms. The Bertz CT molecular complexity index is 719. The van der Waals surface area contributed by atoms with Crippen molar-refractivity contribution in [3.8, 4) is 0 Å². The van der Waals surface area contributed by atoms with E-state index in [-0.39, 0.29) is 10.6 Å². The molecule has 0 bridgehead atoms. The monoisotopic (exact) mass is 389 g/mol. The van der Waals surface area contributed by atoms with Crippen molar-refractivity contribution in [1.82, 2.24) is 5.32 Å². The zero-order chi connectivity index (χ0) is 16.9. The summed E-state index contributed by atoms with van der Waals surface area (Å²) in [5.74, 6) is 0. The highest BCUT2D eigenvalue weighted by molar-refractivity contribution is 9.10. The normalized spacial score (nSPS) is 13.1. The largest absolute Gasteiger partial charge is 0.369 e. The Morgan fingerprint density at radius 2 is 1.96 bits per heavy atom. The maximum atomic E-state index is 10.9. The van der Waals surface area contributed by atoms with Crippen molar-refractivity contribution in [2.24, 2.45) is 0 Å². The van der Waals surface area contributed by atoms with E-state index in [1.807, 2.05) is 6.07 Å². The van der Waals surface area contributed by atoms with E-state index in [1.54, 1.807) is 12.1 Å². The number of non-ortho nitro benzene ring substituents is 1. The van der Waals surface area contributed by atoms with Crippen LogP contribution in [0.25, 0.3) is 0 Å². The van der Waals surface area contributed by atoms with Crippen LogP contribution in [-0.4, -0.2) is 31.1 Å². The predicted molar refractivity (Wildman–Crippen MR) is 99.7 cm³/mol. The third-order valence-electron chi connectivity index (χ3n) is 4.33. The van der Waals surface area contributed by atoms with Crippen LogP contribution in [0, 0.1) is 10.1 Å². The maximum absolute atomic E-state index is 10.9. The summed E-state index contributed by atoms with van der Waals surface area (Å²) >= 11 is 3.44. The number of rotatable bonds is 7. The van der Waals surface area contributed by atoms with Crippen LogP contribution in [-0.2, 0) is 12.8 Å². The smallest absolute Gasteiger partial charge is 0.271 e. The van der Waals surface area contributed by atoms with E-state index >= 15 is 0 Å². The third-order valence-corrected chi connectivity index (χ3v) is 4.86. The molecule has 0 saturated carbocycles. The van der Waals surface area contributed by atoms with E-state index in [9.17, 15) is 10.1 Å². The lowest BCUT2D eigenvalue weighted by Crippen LogP contribution is -2.31. The van der Waals surface area contributed by atoms with Gasteiger partial charge in [0, 0.05) is 41.9 Å². The highest BCUT2D eigenvalue weighted by Crippen LogP contribution is 2.31. The van der Waals surface area contributed by atoms with Crippen molar-refractivity contribution in [2.75, 3.05) is 31.1 Å². The van der Waals surface area contributed by atoms with Crippen molar-refractivity contribution in [3.05, 3.63) is 68.2 Å². The maximum Gasteiger partial charge on any atom is 0.271 e. The van der Waals surface area contributed by atoms with Crippen LogP contribution in [0.4, 0.5) is 11.4 Å². The van der Waals surface area contributed by atoms with Gasteiger partial charge in [-0.3, -0.25) is 10.1 Å². The molecule has 5 nitrogen and oxygen atoms in total. The van der Waals surface area contributed by atoms with Crippen LogP contribution < -0.4 is 10.2 Å². The van der Waals surface area contributed by atoms with E-state index in [4.69, 9.17) is 0 Å². The number of nitro benzene ring substituents is 1. The second kappa shape index (κ2) is 7.77. The second-order valence-electron chi connectivity index (χ2n) is 5.93. The first-order valence-corrected chi connectivity index (χ1v) is 8.90. The molecule has 0 unspecified atom stereocenters. The van der Waals surface area contributed by atoms with Gasteiger partial charge < -0.3 is 10.2 Å². The Morgan fingerprint density at radius 1 is 1.17 bits per heavy atom. The first-order chi connectivity index (χ1) is 11.6. The molecule has 0 atom stereocenters. The van der Waals surface area contributed by atoms with Gasteiger partial charge in [0.1, 0.15) is 0 Å². The van der Waals surface area contributed by atoms with Gasteiger partial charge in [0.15, 0.2) is 0 Å². The van der Waals surface area contributed by atoms with Gasteiger partial charge in [0.2, 0.25) is 0 Å². The zero-order valence-corrected chi connectivity index (χ0v) is 15.0. The molecule has 0 radical (unpaired) electrons. The number of halogens is 1. The van der Waals surface area contributed by atoms with Gasteiger partial charge in [-0.05, 0) is 42.6 Å². The summed E-state index contributed by atoms with van der Waals surface area (Å²) in [5.41, 5.74) is 3.70. The molecule has 126 valence electrons. The molecule has 1 heterocycles. The number of nitro groups is 1. The molecule has 1 aliphatic heterocycles. The minimum atomic E-state index is -0.326. The molecular weight excluding hydrogens is 370 g/mol. The number of benzene rings is 2. The minimum absolute atomic E-state index is 0.170. The quantitative estimate of drug-likeness (QED) is 0.446. The number of nitrogens with zero attached hydrogens (tertiary/aromatic N) is 2. The van der Waals surface area contributed by atoms with E-state index in [0.29, 0.717) is 0 Å². The van der Waals surface area contributed by atoms with E-state index in [1.165, 1.54) is 11.1 Å². The first-order valence-electron chi connectivity index (χ1n) is 8.11. The standard InChI is InChI=1S/C18H20BrN3O2/c19-16-4-1-14(2-5-16)7-9-20-10-12-21-11-8-15-3-6-17(22(23)24)13-18(15)21/h1-6,13,20H,7-12H2. The molecule has 2 aromatic carbocycles. The zero-order valence-electron chi connectivity index (χ0n) is 13.4. The number of fused-ring (bicyclic) bond motifs is 1. The SMILES string of the molecule is O=[N+]([O-])c1ccc2c(c1)N(CCNCCc1ccc(Br)cc1)CC2. The average molecular weight is 390 g/mol. The van der Waals surface area contributed by atoms with Crippen LogP contribution in [0.2, 0.25) is 0 Å². The Hall–Kier alpha value is -1.92. The van der Waals surface area contributed by atoms with Crippen LogP contribution in [0.3, 0.4) is 0 Å². The van der Waals surface area contributed by atoms with Gasteiger partial charge in [-0.2, -0.15) is 0 Å². The fraction of sp³-hybridized carbons (Fsp3) is 0.333. The highest BCUT2D eigenvalue weighted by Gasteiger charge is 2.21. The van der Waals surface area contributed by atoms with E-state index in [0.717, 1.165) is 49.2 Å². The molecule has 0 fully saturated rings. The lowest BCUT2D eigenvalue weighted by molar-refractivity contribution is -0.384. The Kier molecular flexibility index (Phi) is 5.48. The number of hydrogen-bond acceptors (Lipinski definition) is 4. The minimum Gasteiger partial charge on any atom is -0.369 e. The van der Waals surface area contributed by atoms with Gasteiger partial charge in [0.05, 0.1) is 4.92 Å². The molecule has 0 saturated heterocycles. The molecule has 2 aromatic rings. The third kappa shape index (κ3) is 4.13. The molecule has 0 aliphatic carbocycles. The molecule has 1 N–H and O–H groups in total. The number of nitrogens with one attached hydrogen (secondary N) is 1. The van der Waals surface area contributed by atoms with Gasteiger partial charge in [-0.15, -0.1) is 0 Å². The van der Waals surface area contributed by atoms with E-state index in [2.05, 4.69) is 50.4 Å². The number of anilines is 1. The van der Waals surface area contributed by atoms with Crippen molar-refractivity contribution < 1.29 is 4.92 Å². The van der Waals surface area contributed by atoms with Crippen LogP contribution in [0.5, 0.6) is 0 Å². The molecule has 1 aliphatic rings. The molecule has 0 spiro atoms. The molecule has 3 rings (SSSR count). The summed E-state index contributed by atoms with van der Waals surface area (Å²) in [7, 11) is 0. The fourth-order valence-corrected chi connectivity index (χ4v) is 3.27. The van der Waals surface area contributed by atoms with Gasteiger partial charge in [0.25, 0.3) is 5.69 Å². The summed E-state index contributed by atoms with van der Waals surface area (Å²) in [4.78, 5) is 12.8. The fourth-order valence-electron chi connectivity index (χ4n) is 3.00. The topological polar surface area (TPSA) is 58.4 Å². The molecule has 0 aromatic heterocycles.